The van der Waals surface area contributed by atoms with Gasteiger partial charge >= 0.3 is 5.97 Å². The molecule has 0 spiro atoms. The van der Waals surface area contributed by atoms with Crippen molar-refractivity contribution in [2.24, 2.45) is 0 Å². The van der Waals surface area contributed by atoms with Crippen LogP contribution in [0.25, 0.3) is 0 Å². The zero-order chi connectivity index (χ0) is 18.4. The molecule has 0 amide bonds. The minimum Gasteiger partial charge on any atom is -0.496 e. The highest BCUT2D eigenvalue weighted by Crippen LogP contribution is 2.28. The third-order valence-corrected chi connectivity index (χ3v) is 3.59. The fourth-order valence-corrected chi connectivity index (χ4v) is 2.41. The molecule has 1 unspecified atom stereocenters. The zero-order valence-corrected chi connectivity index (χ0v) is 13.8. The number of ether oxygens (including phenoxy) is 2. The van der Waals surface area contributed by atoms with Crippen molar-refractivity contribution in [2.45, 2.75) is 12.8 Å². The molecule has 0 aliphatic rings. The topological polar surface area (TPSA) is 95.7 Å². The van der Waals surface area contributed by atoms with Crippen molar-refractivity contribution in [3.63, 3.8) is 0 Å². The Kier molecular flexibility index (Phi) is 5.84. The summed E-state index contributed by atoms with van der Waals surface area (Å²) in [5, 5.41) is 10.8. The molecule has 0 heterocycles. The van der Waals surface area contributed by atoms with Gasteiger partial charge in [0.1, 0.15) is 11.7 Å². The second kappa shape index (κ2) is 8.05. The molecule has 0 aliphatic carbocycles. The number of hydrogen-bond donors (Lipinski definition) is 0. The van der Waals surface area contributed by atoms with E-state index >= 15 is 0 Å². The average molecular weight is 343 g/mol. The first-order chi connectivity index (χ1) is 12.0. The first-order valence-corrected chi connectivity index (χ1v) is 7.57. The summed E-state index contributed by atoms with van der Waals surface area (Å²) < 4.78 is 10.2. The number of hydrogen-bond acceptors (Lipinski definition) is 6. The van der Waals surface area contributed by atoms with Crippen LogP contribution in [0, 0.1) is 10.1 Å². The van der Waals surface area contributed by atoms with Gasteiger partial charge < -0.3 is 9.47 Å². The predicted molar refractivity (Wildman–Crippen MR) is 89.8 cm³/mol. The molecule has 0 N–H and O–H groups in total. The number of carbonyl (C=O) groups excluding carboxylic acids is 2. The largest absolute Gasteiger partial charge is 0.496 e. The summed E-state index contributed by atoms with van der Waals surface area (Å²) >= 11 is 0. The highest BCUT2D eigenvalue weighted by Gasteiger charge is 2.32. The summed E-state index contributed by atoms with van der Waals surface area (Å²) in [7, 11) is 1.43. The fourth-order valence-electron chi connectivity index (χ4n) is 2.41. The minimum absolute atomic E-state index is 0.113. The Morgan fingerprint density at radius 1 is 1.12 bits per heavy atom. The third kappa shape index (κ3) is 4.00. The van der Waals surface area contributed by atoms with Crippen LogP contribution in [-0.2, 0) is 9.53 Å². The van der Waals surface area contributed by atoms with E-state index in [1.807, 2.05) is 0 Å². The number of nitro benzene ring substituents is 1. The number of para-hydroxylation sites is 1. The summed E-state index contributed by atoms with van der Waals surface area (Å²) in [5.41, 5.74) is 0.428. The Morgan fingerprint density at radius 3 is 2.32 bits per heavy atom. The number of esters is 1. The van der Waals surface area contributed by atoms with Crippen LogP contribution in [0.2, 0.25) is 0 Å². The lowest BCUT2D eigenvalue weighted by Crippen LogP contribution is -2.25. The van der Waals surface area contributed by atoms with Crippen LogP contribution < -0.4 is 4.74 Å². The van der Waals surface area contributed by atoms with Gasteiger partial charge in [0, 0.05) is 12.1 Å². The molecule has 2 rings (SSSR count). The molecule has 0 aromatic heterocycles. The monoisotopic (exact) mass is 343 g/mol. The van der Waals surface area contributed by atoms with Crippen molar-refractivity contribution in [1.29, 1.82) is 0 Å². The number of Topliss-reactive ketones (excluding diaryl/α,β-unsaturated/α-hetero) is 1. The Balaban J connectivity index is 2.47. The lowest BCUT2D eigenvalue weighted by atomic mass is 9.90. The number of nitro groups is 1. The van der Waals surface area contributed by atoms with Gasteiger partial charge in [0.15, 0.2) is 5.78 Å². The summed E-state index contributed by atoms with van der Waals surface area (Å²) in [6.45, 7) is 1.75. The van der Waals surface area contributed by atoms with Gasteiger partial charge in [-0.25, -0.2) is 0 Å². The van der Waals surface area contributed by atoms with Crippen molar-refractivity contribution in [3.05, 3.63) is 69.8 Å². The quantitative estimate of drug-likeness (QED) is 0.252. The first-order valence-electron chi connectivity index (χ1n) is 7.57. The van der Waals surface area contributed by atoms with Crippen molar-refractivity contribution in [1.82, 2.24) is 0 Å². The fraction of sp³-hybridized carbons (Fsp3) is 0.222. The molecule has 7 heteroatoms. The van der Waals surface area contributed by atoms with E-state index in [-0.39, 0.29) is 17.9 Å². The summed E-state index contributed by atoms with van der Waals surface area (Å²) in [5.74, 6) is -2.10. The van der Waals surface area contributed by atoms with Gasteiger partial charge in [0.05, 0.1) is 24.2 Å². The lowest BCUT2D eigenvalue weighted by molar-refractivity contribution is -0.384. The van der Waals surface area contributed by atoms with Crippen LogP contribution >= 0.6 is 0 Å². The minimum atomic E-state index is -1.22. The molecule has 0 bridgehead atoms. The molecule has 0 fully saturated rings. The molecular weight excluding hydrogens is 326 g/mol. The summed E-state index contributed by atoms with van der Waals surface area (Å²) in [4.78, 5) is 35.5. The molecular formula is C18H17NO6. The van der Waals surface area contributed by atoms with Crippen LogP contribution in [0.3, 0.4) is 0 Å². The van der Waals surface area contributed by atoms with Gasteiger partial charge in [-0.2, -0.15) is 0 Å². The smallest absolute Gasteiger partial charge is 0.321 e. The van der Waals surface area contributed by atoms with Crippen molar-refractivity contribution in [3.8, 4) is 5.75 Å². The average Bonchev–Trinajstić information content (AvgIpc) is 2.62. The van der Waals surface area contributed by atoms with Crippen LogP contribution in [0.5, 0.6) is 5.75 Å². The number of benzene rings is 2. The van der Waals surface area contributed by atoms with E-state index in [2.05, 4.69) is 0 Å². The molecule has 130 valence electrons. The molecule has 0 saturated carbocycles. The highest BCUT2D eigenvalue weighted by molar-refractivity contribution is 6.14. The molecule has 1 atom stereocenters. The van der Waals surface area contributed by atoms with E-state index in [4.69, 9.17) is 9.47 Å². The van der Waals surface area contributed by atoms with Gasteiger partial charge in [0.25, 0.3) is 5.69 Å². The highest BCUT2D eigenvalue weighted by atomic mass is 16.6. The number of ketones is 1. The number of nitrogens with zero attached hydrogens (tertiary/aromatic N) is 1. The van der Waals surface area contributed by atoms with Gasteiger partial charge in [0.2, 0.25) is 0 Å². The molecule has 2 aromatic rings. The summed E-state index contributed by atoms with van der Waals surface area (Å²) in [6, 6.07) is 11.8. The van der Waals surface area contributed by atoms with Gasteiger partial charge in [-0.15, -0.1) is 0 Å². The molecule has 25 heavy (non-hydrogen) atoms. The maximum Gasteiger partial charge on any atom is 0.321 e. The Morgan fingerprint density at radius 2 is 1.76 bits per heavy atom. The van der Waals surface area contributed by atoms with Crippen molar-refractivity contribution < 1.29 is 24.0 Å². The second-order valence-corrected chi connectivity index (χ2v) is 5.10. The number of rotatable bonds is 7. The van der Waals surface area contributed by atoms with E-state index in [0.29, 0.717) is 11.3 Å². The van der Waals surface area contributed by atoms with E-state index in [1.54, 1.807) is 31.2 Å². The molecule has 0 radical (unpaired) electrons. The number of carbonyl (C=O) groups is 2. The Hall–Kier alpha value is -3.22. The van der Waals surface area contributed by atoms with E-state index in [9.17, 15) is 19.7 Å². The zero-order valence-electron chi connectivity index (χ0n) is 13.8. The van der Waals surface area contributed by atoms with Gasteiger partial charge in [-0.05, 0) is 24.6 Å². The van der Waals surface area contributed by atoms with Gasteiger partial charge in [-0.1, -0.05) is 24.3 Å². The molecule has 7 nitrogen and oxygen atoms in total. The molecule has 2 aromatic carbocycles. The standard InChI is InChI=1S/C18H17NO6/c1-3-25-18(21)16(12-8-10-13(11-9-12)19(22)23)17(20)14-6-4-5-7-15(14)24-2/h4-11,16H,3H2,1-2H3. The second-order valence-electron chi connectivity index (χ2n) is 5.10. The van der Waals surface area contributed by atoms with E-state index in [1.165, 1.54) is 31.4 Å². The van der Waals surface area contributed by atoms with Crippen molar-refractivity contribution in [2.75, 3.05) is 13.7 Å². The predicted octanol–water partition coefficient (Wildman–Crippen LogP) is 3.13. The third-order valence-electron chi connectivity index (χ3n) is 3.59. The lowest BCUT2D eigenvalue weighted by Gasteiger charge is -2.16. The number of methoxy groups -OCH3 is 1. The van der Waals surface area contributed by atoms with Crippen LogP contribution in [0.1, 0.15) is 28.8 Å². The summed E-state index contributed by atoms with van der Waals surface area (Å²) in [6.07, 6.45) is 0. The van der Waals surface area contributed by atoms with Crippen LogP contribution in [0.4, 0.5) is 5.69 Å². The van der Waals surface area contributed by atoms with Crippen LogP contribution in [0.15, 0.2) is 48.5 Å². The molecule has 0 aliphatic heterocycles. The van der Waals surface area contributed by atoms with Gasteiger partial charge in [-0.3, -0.25) is 19.7 Å². The normalized spacial score (nSPS) is 11.4. The maximum atomic E-state index is 12.9. The number of non-ortho nitro benzene ring substituents is 1. The first kappa shape index (κ1) is 18.1. The van der Waals surface area contributed by atoms with Crippen LogP contribution in [-0.4, -0.2) is 30.4 Å². The van der Waals surface area contributed by atoms with Crippen molar-refractivity contribution >= 4 is 17.4 Å². The maximum absolute atomic E-state index is 12.9. The molecule has 0 saturated heterocycles. The van der Waals surface area contributed by atoms with E-state index in [0.717, 1.165) is 0 Å². The van der Waals surface area contributed by atoms with E-state index < -0.39 is 22.6 Å². The Labute approximate surface area is 144 Å². The SMILES string of the molecule is CCOC(=O)C(C(=O)c1ccccc1OC)c1ccc([N+](=O)[O-])cc1. The Bertz CT molecular complexity index is 784.